The summed E-state index contributed by atoms with van der Waals surface area (Å²) in [5.74, 6) is -0.544. The minimum absolute atomic E-state index is 0.126. The smallest absolute Gasteiger partial charge is 0.356 e. The zero-order valence-electron chi connectivity index (χ0n) is 7.20. The molecule has 1 aromatic rings. The molecule has 0 aromatic carbocycles. The Morgan fingerprint density at radius 3 is 3.23 bits per heavy atom. The van der Waals surface area contributed by atoms with Crippen molar-refractivity contribution in [3.63, 3.8) is 0 Å². The topological polar surface area (TPSA) is 65.6 Å². The molecule has 1 aliphatic rings. The molecule has 0 bridgehead atoms. The molecule has 0 amide bonds. The number of H-pyrrole nitrogens is 1. The number of nitrogens with zero attached hydrogens (tertiary/aromatic N) is 1. The minimum Gasteiger partial charge on any atom is -0.487 e. The highest BCUT2D eigenvalue weighted by Crippen LogP contribution is 2.33. The van der Waals surface area contributed by atoms with Gasteiger partial charge in [-0.25, -0.2) is 4.79 Å². The van der Waals surface area contributed by atoms with E-state index in [1.165, 1.54) is 0 Å². The maximum absolute atomic E-state index is 10.7. The summed E-state index contributed by atoms with van der Waals surface area (Å²) in [4.78, 5) is 15.4. The molecule has 0 aliphatic carbocycles. The second kappa shape index (κ2) is 2.69. The van der Waals surface area contributed by atoms with E-state index in [0.29, 0.717) is 12.4 Å². The van der Waals surface area contributed by atoms with Gasteiger partial charge in [0.05, 0.1) is 12.2 Å². The van der Waals surface area contributed by atoms with Crippen molar-refractivity contribution in [1.29, 1.82) is 0 Å². The van der Waals surface area contributed by atoms with Crippen molar-refractivity contribution in [3.8, 4) is 5.75 Å². The van der Waals surface area contributed by atoms with E-state index in [9.17, 15) is 4.79 Å². The van der Waals surface area contributed by atoms with Gasteiger partial charge in [-0.15, -0.1) is 0 Å². The lowest BCUT2D eigenvalue weighted by Gasteiger charge is -2.24. The van der Waals surface area contributed by atoms with Crippen molar-refractivity contribution in [1.82, 2.24) is 4.98 Å². The van der Waals surface area contributed by atoms with Crippen LogP contribution in [0.3, 0.4) is 0 Å². The zero-order valence-corrected chi connectivity index (χ0v) is 7.20. The SMILES string of the molecule is CN1CCOc2c1c[nH]c2C(=O)O. The van der Waals surface area contributed by atoms with Gasteiger partial charge in [-0.1, -0.05) is 0 Å². The number of aromatic amines is 1. The van der Waals surface area contributed by atoms with E-state index >= 15 is 0 Å². The molecule has 2 rings (SSSR count). The van der Waals surface area contributed by atoms with Crippen molar-refractivity contribution >= 4 is 11.7 Å². The summed E-state index contributed by atoms with van der Waals surface area (Å²) >= 11 is 0. The molecule has 5 nitrogen and oxygen atoms in total. The normalized spacial score (nSPS) is 15.0. The van der Waals surface area contributed by atoms with Crippen LogP contribution < -0.4 is 9.64 Å². The van der Waals surface area contributed by atoms with E-state index in [1.54, 1.807) is 6.20 Å². The number of nitrogens with one attached hydrogen (secondary N) is 1. The molecular formula is C8H10N2O3. The van der Waals surface area contributed by atoms with Gasteiger partial charge < -0.3 is 19.7 Å². The molecule has 70 valence electrons. The highest BCUT2D eigenvalue weighted by Gasteiger charge is 2.23. The summed E-state index contributed by atoms with van der Waals surface area (Å²) in [5, 5.41) is 8.79. The summed E-state index contributed by atoms with van der Waals surface area (Å²) in [7, 11) is 1.90. The molecule has 0 saturated carbocycles. The van der Waals surface area contributed by atoms with E-state index < -0.39 is 5.97 Å². The third kappa shape index (κ3) is 1.12. The second-order valence-corrected chi connectivity index (χ2v) is 2.95. The number of hydrogen-bond donors (Lipinski definition) is 2. The highest BCUT2D eigenvalue weighted by molar-refractivity contribution is 5.92. The lowest BCUT2D eigenvalue weighted by atomic mass is 10.3. The molecule has 1 aliphatic heterocycles. The molecular weight excluding hydrogens is 172 g/mol. The molecule has 2 N–H and O–H groups in total. The van der Waals surface area contributed by atoms with E-state index in [0.717, 1.165) is 12.2 Å². The molecule has 2 heterocycles. The summed E-state index contributed by atoms with van der Waals surface area (Å²) < 4.78 is 5.27. The van der Waals surface area contributed by atoms with Crippen LogP contribution in [0.2, 0.25) is 0 Å². The standard InChI is InChI=1S/C8H10N2O3/c1-10-2-3-13-7-5(10)4-9-6(7)8(11)12/h4,9H,2-3H2,1H3,(H,11,12). The first-order valence-corrected chi connectivity index (χ1v) is 3.98. The Hall–Kier alpha value is -1.65. The Bertz CT molecular complexity index is 345. The number of anilines is 1. The molecule has 13 heavy (non-hydrogen) atoms. The number of likely N-dealkylation sites (N-methyl/N-ethyl adjacent to an activating group) is 1. The maximum atomic E-state index is 10.7. The van der Waals surface area contributed by atoms with Crippen molar-refractivity contribution < 1.29 is 14.6 Å². The summed E-state index contributed by atoms with van der Waals surface area (Å²) in [6.07, 6.45) is 1.65. The van der Waals surface area contributed by atoms with Gasteiger partial charge in [0, 0.05) is 13.2 Å². The molecule has 0 unspecified atom stereocenters. The van der Waals surface area contributed by atoms with E-state index in [2.05, 4.69) is 4.98 Å². The Morgan fingerprint density at radius 1 is 1.77 bits per heavy atom. The first-order valence-electron chi connectivity index (χ1n) is 3.98. The van der Waals surface area contributed by atoms with Crippen LogP contribution in [-0.2, 0) is 0 Å². The van der Waals surface area contributed by atoms with Crippen LogP contribution >= 0.6 is 0 Å². The van der Waals surface area contributed by atoms with Crippen molar-refractivity contribution in [2.75, 3.05) is 25.1 Å². The fraction of sp³-hybridized carbons (Fsp3) is 0.375. The number of carboxylic acid groups (broad SMARTS) is 1. The number of aromatic nitrogens is 1. The first-order chi connectivity index (χ1) is 6.20. The fourth-order valence-electron chi connectivity index (χ4n) is 1.39. The van der Waals surface area contributed by atoms with Crippen LogP contribution in [0.4, 0.5) is 5.69 Å². The zero-order chi connectivity index (χ0) is 9.42. The van der Waals surface area contributed by atoms with Crippen molar-refractivity contribution in [3.05, 3.63) is 11.9 Å². The van der Waals surface area contributed by atoms with E-state index in [-0.39, 0.29) is 5.69 Å². The predicted octanol–water partition coefficient (Wildman–Crippen LogP) is 0.541. The summed E-state index contributed by atoms with van der Waals surface area (Å²) in [5.41, 5.74) is 0.935. The quantitative estimate of drug-likeness (QED) is 0.665. The molecule has 0 radical (unpaired) electrons. The number of rotatable bonds is 1. The number of hydrogen-bond acceptors (Lipinski definition) is 3. The molecule has 1 aromatic heterocycles. The lowest BCUT2D eigenvalue weighted by Crippen LogP contribution is -2.28. The van der Waals surface area contributed by atoms with Gasteiger partial charge >= 0.3 is 5.97 Å². The van der Waals surface area contributed by atoms with Gasteiger partial charge in [0.15, 0.2) is 11.4 Å². The van der Waals surface area contributed by atoms with Crippen LogP contribution in [0, 0.1) is 0 Å². The molecule has 0 saturated heterocycles. The summed E-state index contributed by atoms with van der Waals surface area (Å²) in [6.45, 7) is 1.31. The van der Waals surface area contributed by atoms with Crippen LogP contribution in [-0.4, -0.2) is 36.3 Å². The minimum atomic E-state index is -0.989. The third-order valence-electron chi connectivity index (χ3n) is 2.11. The number of fused-ring (bicyclic) bond motifs is 1. The Labute approximate surface area is 74.9 Å². The van der Waals surface area contributed by atoms with Gasteiger partial charge in [0.1, 0.15) is 6.61 Å². The lowest BCUT2D eigenvalue weighted by molar-refractivity contribution is 0.0686. The van der Waals surface area contributed by atoms with Crippen LogP contribution in [0.15, 0.2) is 6.20 Å². The number of carbonyl (C=O) groups is 1. The molecule has 0 spiro atoms. The van der Waals surface area contributed by atoms with Gasteiger partial charge in [-0.3, -0.25) is 0 Å². The largest absolute Gasteiger partial charge is 0.487 e. The van der Waals surface area contributed by atoms with Crippen molar-refractivity contribution in [2.24, 2.45) is 0 Å². The first kappa shape index (κ1) is 7.97. The van der Waals surface area contributed by atoms with Gasteiger partial charge in [-0.05, 0) is 0 Å². The average molecular weight is 182 g/mol. The molecule has 5 heteroatoms. The van der Waals surface area contributed by atoms with Gasteiger partial charge in [0.25, 0.3) is 0 Å². The molecule has 0 atom stereocenters. The van der Waals surface area contributed by atoms with Gasteiger partial charge in [-0.2, -0.15) is 0 Å². The maximum Gasteiger partial charge on any atom is 0.356 e. The average Bonchev–Trinajstić information content (AvgIpc) is 2.48. The monoisotopic (exact) mass is 182 g/mol. The Kier molecular flexibility index (Phi) is 1.65. The molecule has 0 fully saturated rings. The van der Waals surface area contributed by atoms with Crippen LogP contribution in [0.5, 0.6) is 5.75 Å². The highest BCUT2D eigenvalue weighted by atomic mass is 16.5. The third-order valence-corrected chi connectivity index (χ3v) is 2.11. The van der Waals surface area contributed by atoms with Crippen LogP contribution in [0.25, 0.3) is 0 Å². The fourth-order valence-corrected chi connectivity index (χ4v) is 1.39. The Balaban J connectivity index is 2.47. The van der Waals surface area contributed by atoms with E-state index in [1.807, 2.05) is 11.9 Å². The van der Waals surface area contributed by atoms with Crippen LogP contribution in [0.1, 0.15) is 10.5 Å². The van der Waals surface area contributed by atoms with Gasteiger partial charge in [0.2, 0.25) is 0 Å². The Morgan fingerprint density at radius 2 is 2.54 bits per heavy atom. The van der Waals surface area contributed by atoms with Crippen molar-refractivity contribution in [2.45, 2.75) is 0 Å². The summed E-state index contributed by atoms with van der Waals surface area (Å²) in [6, 6.07) is 0. The number of ether oxygens (including phenoxy) is 1. The number of carboxylic acids is 1. The predicted molar refractivity (Wildman–Crippen MR) is 46.5 cm³/mol. The second-order valence-electron chi connectivity index (χ2n) is 2.95. The number of aromatic carboxylic acids is 1. The van der Waals surface area contributed by atoms with E-state index in [4.69, 9.17) is 9.84 Å².